The monoisotopic (exact) mass is 170 g/mol. The molecular weight excluding hydrogens is 152 g/mol. The molecule has 2 fully saturated rings. The van der Waals surface area contributed by atoms with E-state index in [4.69, 9.17) is 4.74 Å². The van der Waals surface area contributed by atoms with Crippen LogP contribution in [0.3, 0.4) is 0 Å². The summed E-state index contributed by atoms with van der Waals surface area (Å²) in [6.45, 7) is 7.66. The van der Waals surface area contributed by atoms with E-state index in [9.17, 15) is 0 Å². The van der Waals surface area contributed by atoms with Crippen LogP contribution >= 0.6 is 0 Å². The van der Waals surface area contributed by atoms with E-state index in [1.807, 2.05) is 0 Å². The second-order valence-electron chi connectivity index (χ2n) is 3.78. The van der Waals surface area contributed by atoms with Crippen LogP contribution in [0.4, 0.5) is 0 Å². The summed E-state index contributed by atoms with van der Waals surface area (Å²) in [5.41, 5.74) is 0. The van der Waals surface area contributed by atoms with Gasteiger partial charge >= 0.3 is 0 Å². The van der Waals surface area contributed by atoms with Crippen LogP contribution in [0.5, 0.6) is 0 Å². The van der Waals surface area contributed by atoms with E-state index in [-0.39, 0.29) is 0 Å². The maximum Gasteiger partial charge on any atom is 0.0638 e. The van der Waals surface area contributed by atoms with Gasteiger partial charge in [-0.1, -0.05) is 6.92 Å². The summed E-state index contributed by atoms with van der Waals surface area (Å²) in [6, 6.07) is 1.31. The van der Waals surface area contributed by atoms with Crippen molar-refractivity contribution in [2.24, 2.45) is 0 Å². The molecule has 3 heteroatoms. The van der Waals surface area contributed by atoms with Gasteiger partial charge in [-0.3, -0.25) is 9.80 Å². The Kier molecular flexibility index (Phi) is 2.35. The van der Waals surface area contributed by atoms with Gasteiger partial charge in [0, 0.05) is 13.1 Å². The van der Waals surface area contributed by atoms with Crippen molar-refractivity contribution in [2.75, 3.05) is 39.9 Å². The molecule has 0 aromatic rings. The summed E-state index contributed by atoms with van der Waals surface area (Å²) in [5, 5.41) is 0. The average molecular weight is 170 g/mol. The summed E-state index contributed by atoms with van der Waals surface area (Å²) in [6.07, 6.45) is 0. The van der Waals surface area contributed by atoms with Crippen LogP contribution in [-0.4, -0.2) is 61.8 Å². The molecule has 0 amide bonds. The molecule has 0 bridgehead atoms. The Morgan fingerprint density at radius 1 is 1.25 bits per heavy atom. The SMILES string of the molecule is CCN1CCN(C)C2COCC21. The number of fused-ring (bicyclic) bond motifs is 1. The van der Waals surface area contributed by atoms with E-state index in [1.54, 1.807) is 0 Å². The largest absolute Gasteiger partial charge is 0.378 e. The maximum atomic E-state index is 5.51. The summed E-state index contributed by atoms with van der Waals surface area (Å²) >= 11 is 0. The number of ether oxygens (including phenoxy) is 1. The number of hydrogen-bond acceptors (Lipinski definition) is 3. The molecular formula is C9H18N2O. The van der Waals surface area contributed by atoms with E-state index in [0.29, 0.717) is 12.1 Å². The fourth-order valence-electron chi connectivity index (χ4n) is 2.31. The molecule has 0 N–H and O–H groups in total. The quantitative estimate of drug-likeness (QED) is 0.552. The predicted octanol–water partition coefficient (Wildman–Crippen LogP) is 0.0211. The van der Waals surface area contributed by atoms with E-state index in [0.717, 1.165) is 13.2 Å². The van der Waals surface area contributed by atoms with Gasteiger partial charge in [0.1, 0.15) is 0 Å². The highest BCUT2D eigenvalue weighted by molar-refractivity contribution is 4.93. The van der Waals surface area contributed by atoms with Gasteiger partial charge in [-0.05, 0) is 13.6 Å². The fourth-order valence-corrected chi connectivity index (χ4v) is 2.31. The zero-order valence-electron chi connectivity index (χ0n) is 7.99. The van der Waals surface area contributed by atoms with E-state index in [1.165, 1.54) is 19.6 Å². The first kappa shape index (κ1) is 8.48. The third-order valence-electron chi connectivity index (χ3n) is 3.20. The van der Waals surface area contributed by atoms with E-state index >= 15 is 0 Å². The Bertz CT molecular complexity index is 163. The highest BCUT2D eigenvalue weighted by atomic mass is 16.5. The molecule has 2 aliphatic heterocycles. The summed E-state index contributed by atoms with van der Waals surface area (Å²) in [7, 11) is 2.21. The lowest BCUT2D eigenvalue weighted by molar-refractivity contribution is 0.0670. The van der Waals surface area contributed by atoms with Crippen molar-refractivity contribution >= 4 is 0 Å². The normalized spacial score (nSPS) is 38.5. The highest BCUT2D eigenvalue weighted by Gasteiger charge is 2.38. The van der Waals surface area contributed by atoms with Crippen LogP contribution in [0, 0.1) is 0 Å². The summed E-state index contributed by atoms with van der Waals surface area (Å²) in [5.74, 6) is 0. The van der Waals surface area contributed by atoms with Crippen LogP contribution in [0.1, 0.15) is 6.92 Å². The first-order chi connectivity index (χ1) is 5.83. The highest BCUT2D eigenvalue weighted by Crippen LogP contribution is 2.21. The summed E-state index contributed by atoms with van der Waals surface area (Å²) < 4.78 is 5.51. The number of hydrogen-bond donors (Lipinski definition) is 0. The number of rotatable bonds is 1. The van der Waals surface area contributed by atoms with Crippen LogP contribution < -0.4 is 0 Å². The molecule has 0 aromatic heterocycles. The second-order valence-corrected chi connectivity index (χ2v) is 3.78. The summed E-state index contributed by atoms with van der Waals surface area (Å²) in [4.78, 5) is 4.97. The van der Waals surface area contributed by atoms with Crippen molar-refractivity contribution in [3.8, 4) is 0 Å². The van der Waals surface area contributed by atoms with Gasteiger partial charge in [0.2, 0.25) is 0 Å². The van der Waals surface area contributed by atoms with Crippen molar-refractivity contribution in [3.05, 3.63) is 0 Å². The van der Waals surface area contributed by atoms with Crippen molar-refractivity contribution in [2.45, 2.75) is 19.0 Å². The lowest BCUT2D eigenvalue weighted by Crippen LogP contribution is -2.57. The first-order valence-corrected chi connectivity index (χ1v) is 4.85. The minimum Gasteiger partial charge on any atom is -0.378 e. The molecule has 0 saturated carbocycles. The third-order valence-corrected chi connectivity index (χ3v) is 3.20. The van der Waals surface area contributed by atoms with E-state index < -0.39 is 0 Å². The van der Waals surface area contributed by atoms with Crippen molar-refractivity contribution in [1.29, 1.82) is 0 Å². The Hall–Kier alpha value is -0.120. The molecule has 2 saturated heterocycles. The molecule has 0 radical (unpaired) electrons. The van der Waals surface area contributed by atoms with Crippen LogP contribution in [0.15, 0.2) is 0 Å². The van der Waals surface area contributed by atoms with Gasteiger partial charge in [0.15, 0.2) is 0 Å². The van der Waals surface area contributed by atoms with Gasteiger partial charge in [0.05, 0.1) is 25.3 Å². The Labute approximate surface area is 74.3 Å². The topological polar surface area (TPSA) is 15.7 Å². The second kappa shape index (κ2) is 3.32. The first-order valence-electron chi connectivity index (χ1n) is 4.85. The van der Waals surface area contributed by atoms with Crippen molar-refractivity contribution in [3.63, 3.8) is 0 Å². The molecule has 2 unspecified atom stereocenters. The number of likely N-dealkylation sites (N-methyl/N-ethyl adjacent to an activating group) is 2. The minimum atomic E-state index is 0.652. The Morgan fingerprint density at radius 3 is 2.75 bits per heavy atom. The predicted molar refractivity (Wildman–Crippen MR) is 48.3 cm³/mol. The molecule has 12 heavy (non-hydrogen) atoms. The molecule has 0 spiro atoms. The van der Waals surface area contributed by atoms with Gasteiger partial charge in [-0.15, -0.1) is 0 Å². The molecule has 3 nitrogen and oxygen atoms in total. The molecule has 0 aromatic carbocycles. The van der Waals surface area contributed by atoms with Crippen molar-refractivity contribution < 1.29 is 4.74 Å². The van der Waals surface area contributed by atoms with Crippen molar-refractivity contribution in [1.82, 2.24) is 9.80 Å². The molecule has 2 heterocycles. The molecule has 2 aliphatic rings. The minimum absolute atomic E-state index is 0.652. The fraction of sp³-hybridized carbons (Fsp3) is 1.00. The lowest BCUT2D eigenvalue weighted by Gasteiger charge is -2.41. The maximum absolute atomic E-state index is 5.51. The molecule has 2 atom stereocenters. The van der Waals surface area contributed by atoms with Crippen LogP contribution in [-0.2, 0) is 4.74 Å². The molecule has 2 rings (SSSR count). The number of piperazine rings is 1. The standard InChI is InChI=1S/C9H18N2O/c1-3-11-5-4-10(2)8-6-12-7-9(8)11/h8-9H,3-7H2,1-2H3. The van der Waals surface area contributed by atoms with Crippen LogP contribution in [0.2, 0.25) is 0 Å². The number of nitrogens with zero attached hydrogens (tertiary/aromatic N) is 2. The molecule has 70 valence electrons. The van der Waals surface area contributed by atoms with Gasteiger partial charge in [0.25, 0.3) is 0 Å². The third kappa shape index (κ3) is 1.26. The van der Waals surface area contributed by atoms with Crippen LogP contribution in [0.25, 0.3) is 0 Å². The lowest BCUT2D eigenvalue weighted by atomic mass is 10.1. The van der Waals surface area contributed by atoms with Gasteiger partial charge < -0.3 is 4.74 Å². The Balaban J connectivity index is 2.06. The molecule has 0 aliphatic carbocycles. The average Bonchev–Trinajstić information content (AvgIpc) is 2.54. The van der Waals surface area contributed by atoms with Gasteiger partial charge in [-0.2, -0.15) is 0 Å². The zero-order valence-corrected chi connectivity index (χ0v) is 7.99. The zero-order chi connectivity index (χ0) is 8.55. The smallest absolute Gasteiger partial charge is 0.0638 e. The van der Waals surface area contributed by atoms with Gasteiger partial charge in [-0.25, -0.2) is 0 Å². The Morgan fingerprint density at radius 2 is 2.00 bits per heavy atom. The van der Waals surface area contributed by atoms with E-state index in [2.05, 4.69) is 23.8 Å².